The number of aromatic nitrogens is 3. The van der Waals surface area contributed by atoms with Gasteiger partial charge in [-0.15, -0.1) is 0 Å². The molecule has 1 aliphatic heterocycles. The van der Waals surface area contributed by atoms with E-state index in [1.807, 2.05) is 0 Å². The lowest BCUT2D eigenvalue weighted by Gasteiger charge is -2.16. The predicted octanol–water partition coefficient (Wildman–Crippen LogP) is 8.30. The Labute approximate surface area is 302 Å². The monoisotopic (exact) mass is 727 g/mol. The maximum atomic E-state index is 15.5. The number of para-hydroxylation sites is 2. The summed E-state index contributed by atoms with van der Waals surface area (Å²) in [4.78, 5) is 33.8. The number of carbonyl (C=O) groups is 1. The molecule has 0 radical (unpaired) electrons. The molecule has 13 heteroatoms. The van der Waals surface area contributed by atoms with E-state index >= 15 is 4.39 Å². The van der Waals surface area contributed by atoms with E-state index in [1.165, 1.54) is 29.7 Å². The molecule has 2 aromatic heterocycles. The van der Waals surface area contributed by atoms with Crippen molar-refractivity contribution >= 4 is 56.6 Å². The smallest absolute Gasteiger partial charge is 0.280 e. The Kier molecular flexibility index (Phi) is 10.0. The number of hydrogen-bond acceptors (Lipinski definition) is 8. The summed E-state index contributed by atoms with van der Waals surface area (Å²) in [6.45, 7) is 3.79. The largest absolute Gasteiger partial charge is 0.493 e. The van der Waals surface area contributed by atoms with Gasteiger partial charge < -0.3 is 24.4 Å². The molecular weight excluding hydrogens is 696 g/mol. The third kappa shape index (κ3) is 7.18. The van der Waals surface area contributed by atoms with Crippen LogP contribution in [0.1, 0.15) is 29.8 Å². The number of benzene rings is 4. The van der Waals surface area contributed by atoms with Crippen molar-refractivity contribution in [2.75, 3.05) is 38.7 Å². The second-order valence-corrected chi connectivity index (χ2v) is 12.8. The Balaban J connectivity index is 1.11. The zero-order valence-electron chi connectivity index (χ0n) is 27.5. The van der Waals surface area contributed by atoms with Crippen LogP contribution < -0.4 is 25.0 Å². The van der Waals surface area contributed by atoms with Crippen LogP contribution in [0.5, 0.6) is 23.0 Å². The Hall–Kier alpha value is -5.23. The van der Waals surface area contributed by atoms with Gasteiger partial charge in [0.15, 0.2) is 28.8 Å². The van der Waals surface area contributed by atoms with E-state index in [-0.39, 0.29) is 26.9 Å². The lowest BCUT2D eigenvalue weighted by Crippen LogP contribution is -2.27. The minimum atomic E-state index is -0.850. The highest BCUT2D eigenvalue weighted by molar-refractivity contribution is 6.37. The number of methoxy groups -OCH3 is 1. The van der Waals surface area contributed by atoms with Crippen molar-refractivity contribution in [3.63, 3.8) is 0 Å². The fraction of sp³-hybridized carbons (Fsp3) is 0.211. The number of likely N-dealkylation sites (tertiary alicyclic amines) is 1. The van der Waals surface area contributed by atoms with Crippen molar-refractivity contribution in [1.82, 2.24) is 19.7 Å². The van der Waals surface area contributed by atoms with Gasteiger partial charge in [-0.05, 0) is 80.9 Å². The molecule has 1 amide bonds. The number of halogens is 3. The molecule has 0 saturated carbocycles. The van der Waals surface area contributed by atoms with Crippen LogP contribution in [0.3, 0.4) is 0 Å². The summed E-state index contributed by atoms with van der Waals surface area (Å²) in [6, 6.07) is 20.6. The van der Waals surface area contributed by atoms with Crippen LogP contribution in [0.25, 0.3) is 27.5 Å². The maximum Gasteiger partial charge on any atom is 0.280 e. The van der Waals surface area contributed by atoms with Crippen LogP contribution in [0.15, 0.2) is 89.9 Å². The van der Waals surface area contributed by atoms with Crippen LogP contribution in [0, 0.1) is 5.82 Å². The number of anilines is 1. The molecule has 3 heterocycles. The van der Waals surface area contributed by atoms with Crippen LogP contribution in [0.2, 0.25) is 10.0 Å². The summed E-state index contributed by atoms with van der Waals surface area (Å²) in [5, 5.41) is 8.27. The molecule has 4 aromatic carbocycles. The van der Waals surface area contributed by atoms with Gasteiger partial charge in [-0.3, -0.25) is 14.6 Å². The number of amides is 1. The van der Waals surface area contributed by atoms with Gasteiger partial charge in [0.1, 0.15) is 11.4 Å². The molecule has 7 rings (SSSR count). The molecule has 51 heavy (non-hydrogen) atoms. The highest BCUT2D eigenvalue weighted by Crippen LogP contribution is 2.38. The SMILES string of the molecule is COc1cc2c(Oc3ccc(NC(=O)c4nn(-c5c(Cl)cccc5Cl)c5ccccc5c4=O)cc3F)ccnc2cc1OCCCN1CCCC1. The van der Waals surface area contributed by atoms with Crippen molar-refractivity contribution < 1.29 is 23.4 Å². The quantitative estimate of drug-likeness (QED) is 0.133. The van der Waals surface area contributed by atoms with Crippen molar-refractivity contribution in [2.45, 2.75) is 19.3 Å². The number of carbonyl (C=O) groups excluding carboxylic acids is 1. The molecule has 1 fully saturated rings. The van der Waals surface area contributed by atoms with Gasteiger partial charge in [0.05, 0.1) is 40.2 Å². The molecular formula is C38H32Cl2FN5O5. The Morgan fingerprint density at radius 1 is 0.902 bits per heavy atom. The number of fused-ring (bicyclic) bond motifs is 2. The zero-order valence-corrected chi connectivity index (χ0v) is 29.0. The molecule has 0 aliphatic carbocycles. The van der Waals surface area contributed by atoms with Gasteiger partial charge in [-0.1, -0.05) is 41.4 Å². The molecule has 10 nitrogen and oxygen atoms in total. The van der Waals surface area contributed by atoms with E-state index in [4.69, 9.17) is 37.4 Å². The van der Waals surface area contributed by atoms with E-state index in [0.29, 0.717) is 46.0 Å². The number of pyridine rings is 1. The number of ether oxygens (including phenoxy) is 3. The molecule has 1 aliphatic rings. The van der Waals surface area contributed by atoms with Crippen molar-refractivity contribution in [3.05, 3.63) is 117 Å². The van der Waals surface area contributed by atoms with Crippen molar-refractivity contribution in [1.29, 1.82) is 0 Å². The van der Waals surface area contributed by atoms with E-state index < -0.39 is 22.8 Å². The Morgan fingerprint density at radius 2 is 1.69 bits per heavy atom. The van der Waals surface area contributed by atoms with Crippen molar-refractivity contribution in [3.8, 4) is 28.7 Å². The number of nitrogens with zero attached hydrogens (tertiary/aromatic N) is 4. The van der Waals surface area contributed by atoms with Gasteiger partial charge in [0.25, 0.3) is 5.91 Å². The second-order valence-electron chi connectivity index (χ2n) is 12.0. The minimum absolute atomic E-state index is 0.0781. The summed E-state index contributed by atoms with van der Waals surface area (Å²) in [5.74, 6) is -0.301. The maximum absolute atomic E-state index is 15.5. The molecule has 1 saturated heterocycles. The molecule has 6 aromatic rings. The highest BCUT2D eigenvalue weighted by atomic mass is 35.5. The first-order valence-corrected chi connectivity index (χ1v) is 17.1. The van der Waals surface area contributed by atoms with Crippen LogP contribution in [-0.4, -0.2) is 58.9 Å². The normalized spacial score (nSPS) is 13.1. The standard InChI is InChI=1S/C38H32Cl2FN5O5/c1-49-33-21-25-29(22-34(33)50-19-7-18-45-16-4-5-17-45)42-15-14-31(25)51-32-13-12-23(20-28(32)41)43-38(48)35-37(47)24-8-2-3-11-30(24)46(44-35)36-26(39)9-6-10-27(36)40/h2-3,6,8-15,20-22H,4-5,7,16-19H2,1H3,(H,43,48). The van der Waals surface area contributed by atoms with Crippen LogP contribution in [0.4, 0.5) is 10.1 Å². The first kappa shape index (κ1) is 34.2. The van der Waals surface area contributed by atoms with E-state index in [0.717, 1.165) is 32.1 Å². The van der Waals surface area contributed by atoms with Gasteiger partial charge >= 0.3 is 0 Å². The first-order chi connectivity index (χ1) is 24.8. The number of rotatable bonds is 11. The minimum Gasteiger partial charge on any atom is -0.493 e. The van der Waals surface area contributed by atoms with E-state index in [9.17, 15) is 9.59 Å². The van der Waals surface area contributed by atoms with Gasteiger partial charge in [-0.25, -0.2) is 9.07 Å². The summed E-state index contributed by atoms with van der Waals surface area (Å²) in [5.41, 5.74) is 0.320. The Morgan fingerprint density at radius 3 is 2.45 bits per heavy atom. The predicted molar refractivity (Wildman–Crippen MR) is 196 cm³/mol. The van der Waals surface area contributed by atoms with Gasteiger partial charge in [0.2, 0.25) is 5.43 Å². The van der Waals surface area contributed by atoms with Crippen LogP contribution in [-0.2, 0) is 0 Å². The summed E-state index contributed by atoms with van der Waals surface area (Å²) in [7, 11) is 1.55. The first-order valence-electron chi connectivity index (χ1n) is 16.4. The molecule has 0 unspecified atom stereocenters. The lowest BCUT2D eigenvalue weighted by molar-refractivity contribution is 0.102. The highest BCUT2D eigenvalue weighted by Gasteiger charge is 2.22. The molecule has 0 spiro atoms. The number of hydrogen-bond donors (Lipinski definition) is 1. The van der Waals surface area contributed by atoms with E-state index in [1.54, 1.807) is 74.0 Å². The molecule has 1 N–H and O–H groups in total. The fourth-order valence-corrected chi connectivity index (χ4v) is 6.68. The fourth-order valence-electron chi connectivity index (χ4n) is 6.12. The van der Waals surface area contributed by atoms with Crippen molar-refractivity contribution in [2.24, 2.45) is 0 Å². The second kappa shape index (κ2) is 14.9. The topological polar surface area (TPSA) is 108 Å². The third-order valence-corrected chi connectivity index (χ3v) is 9.24. The molecule has 0 bridgehead atoms. The zero-order chi connectivity index (χ0) is 35.5. The summed E-state index contributed by atoms with van der Waals surface area (Å²) in [6.07, 6.45) is 4.94. The number of nitrogens with one attached hydrogen (secondary N) is 1. The average Bonchev–Trinajstić information content (AvgIpc) is 3.65. The Bertz CT molecular complexity index is 2310. The molecule has 0 atom stereocenters. The summed E-state index contributed by atoms with van der Waals surface area (Å²) < 4.78 is 34.5. The van der Waals surface area contributed by atoms with Gasteiger partial charge in [0, 0.05) is 35.9 Å². The third-order valence-electron chi connectivity index (χ3n) is 8.63. The van der Waals surface area contributed by atoms with Gasteiger partial charge in [-0.2, -0.15) is 5.10 Å². The van der Waals surface area contributed by atoms with E-state index in [2.05, 4.69) is 20.3 Å². The van der Waals surface area contributed by atoms with Crippen LogP contribution >= 0.6 is 23.2 Å². The summed E-state index contributed by atoms with van der Waals surface area (Å²) >= 11 is 12.9. The molecule has 260 valence electrons. The average molecular weight is 729 g/mol. The lowest BCUT2D eigenvalue weighted by atomic mass is 10.1.